The summed E-state index contributed by atoms with van der Waals surface area (Å²) in [5.41, 5.74) is 3.60. The number of hydrogen-bond acceptors (Lipinski definition) is 2. The van der Waals surface area contributed by atoms with Gasteiger partial charge in [-0.05, 0) is 54.7 Å². The molecule has 0 saturated carbocycles. The lowest BCUT2D eigenvalue weighted by molar-refractivity contribution is -0.121. The van der Waals surface area contributed by atoms with E-state index < -0.39 is 0 Å². The molecule has 31 heavy (non-hydrogen) atoms. The van der Waals surface area contributed by atoms with Gasteiger partial charge < -0.3 is 19.2 Å². The fourth-order valence-electron chi connectivity index (χ4n) is 4.09. The van der Waals surface area contributed by atoms with Crippen molar-refractivity contribution in [1.29, 1.82) is 0 Å². The number of nitrogens with zero attached hydrogens (tertiary/aromatic N) is 2. The summed E-state index contributed by atoms with van der Waals surface area (Å²) < 4.78 is 9.60. The maximum atomic E-state index is 12.6. The lowest BCUT2D eigenvalue weighted by Gasteiger charge is -2.08. The molecule has 1 amide bonds. The first-order chi connectivity index (χ1) is 15.0. The number of fused-ring (bicyclic) bond motifs is 2. The molecule has 2 aromatic heterocycles. The molecule has 0 radical (unpaired) electrons. The number of benzene rings is 2. The van der Waals surface area contributed by atoms with Gasteiger partial charge >= 0.3 is 0 Å². The fraction of sp³-hybridized carbons (Fsp3) is 0.346. The van der Waals surface area contributed by atoms with Crippen molar-refractivity contribution in [1.82, 2.24) is 14.5 Å². The Hall–Kier alpha value is -3.21. The predicted octanol–water partition coefficient (Wildman–Crippen LogP) is 5.01. The molecule has 0 bridgehead atoms. The first-order valence-electron chi connectivity index (χ1n) is 11.0. The van der Waals surface area contributed by atoms with Crippen molar-refractivity contribution >= 4 is 27.7 Å². The van der Waals surface area contributed by atoms with Gasteiger partial charge in [-0.2, -0.15) is 0 Å². The summed E-state index contributed by atoms with van der Waals surface area (Å²) in [4.78, 5) is 12.6. The van der Waals surface area contributed by atoms with E-state index in [2.05, 4.69) is 54.2 Å². The van der Waals surface area contributed by atoms with Gasteiger partial charge in [0, 0.05) is 47.3 Å². The minimum Gasteiger partial charge on any atom is -0.497 e. The molecule has 0 aliphatic carbocycles. The third kappa shape index (κ3) is 4.76. The highest BCUT2D eigenvalue weighted by molar-refractivity contribution is 5.85. The monoisotopic (exact) mass is 417 g/mol. The zero-order valence-corrected chi connectivity index (χ0v) is 18.6. The molecule has 0 saturated heterocycles. The van der Waals surface area contributed by atoms with Crippen LogP contribution < -0.4 is 10.1 Å². The van der Waals surface area contributed by atoms with Crippen molar-refractivity contribution in [3.63, 3.8) is 0 Å². The van der Waals surface area contributed by atoms with Crippen LogP contribution in [0.15, 0.2) is 60.9 Å². The summed E-state index contributed by atoms with van der Waals surface area (Å²) in [5, 5.41) is 5.44. The van der Waals surface area contributed by atoms with Crippen LogP contribution in [-0.2, 0) is 24.3 Å². The maximum Gasteiger partial charge on any atom is 0.239 e. The molecule has 162 valence electrons. The van der Waals surface area contributed by atoms with Crippen LogP contribution in [0.5, 0.6) is 5.75 Å². The average molecular weight is 418 g/mol. The smallest absolute Gasteiger partial charge is 0.239 e. The highest BCUT2D eigenvalue weighted by atomic mass is 16.5. The van der Waals surface area contributed by atoms with Crippen LogP contribution in [0.2, 0.25) is 0 Å². The van der Waals surface area contributed by atoms with Crippen molar-refractivity contribution in [2.75, 3.05) is 13.7 Å². The van der Waals surface area contributed by atoms with Gasteiger partial charge in [-0.15, -0.1) is 0 Å². The number of para-hydroxylation sites is 1. The third-order valence-corrected chi connectivity index (χ3v) is 5.83. The molecular formula is C26H31N3O2. The molecule has 0 aliphatic heterocycles. The van der Waals surface area contributed by atoms with E-state index >= 15 is 0 Å². The zero-order valence-electron chi connectivity index (χ0n) is 18.6. The number of aromatic nitrogens is 2. The molecular weight excluding hydrogens is 386 g/mol. The van der Waals surface area contributed by atoms with E-state index in [1.54, 1.807) is 7.11 Å². The van der Waals surface area contributed by atoms with Crippen LogP contribution in [0, 0.1) is 5.92 Å². The van der Waals surface area contributed by atoms with E-state index in [9.17, 15) is 4.79 Å². The van der Waals surface area contributed by atoms with E-state index in [0.29, 0.717) is 19.0 Å². The summed E-state index contributed by atoms with van der Waals surface area (Å²) in [5.74, 6) is 1.52. The standard InChI is InChI=1S/C26H31N3O2/c1-19(2)11-14-28-17-21(23-6-4-5-7-25(23)28)10-13-27-26(30)18-29-15-12-20-16-22(31-3)8-9-24(20)29/h4-9,12,15-17,19H,10-11,13-14,18H2,1-3H3,(H,27,30). The van der Waals surface area contributed by atoms with Crippen LogP contribution in [0.1, 0.15) is 25.8 Å². The van der Waals surface area contributed by atoms with E-state index in [0.717, 1.165) is 36.0 Å². The normalized spacial score (nSPS) is 11.5. The summed E-state index contributed by atoms with van der Waals surface area (Å²) in [6, 6.07) is 16.5. The highest BCUT2D eigenvalue weighted by Crippen LogP contribution is 2.23. The highest BCUT2D eigenvalue weighted by Gasteiger charge is 2.10. The van der Waals surface area contributed by atoms with E-state index in [1.807, 2.05) is 35.0 Å². The van der Waals surface area contributed by atoms with E-state index in [-0.39, 0.29) is 5.91 Å². The molecule has 0 spiro atoms. The van der Waals surface area contributed by atoms with Crippen LogP contribution in [0.25, 0.3) is 21.8 Å². The second kappa shape index (κ2) is 9.29. The molecule has 2 aromatic carbocycles. The Balaban J connectivity index is 1.38. The molecule has 5 nitrogen and oxygen atoms in total. The number of aryl methyl sites for hydroxylation is 1. The number of nitrogens with one attached hydrogen (secondary N) is 1. The van der Waals surface area contributed by atoms with E-state index in [1.165, 1.54) is 16.5 Å². The Morgan fingerprint density at radius 3 is 2.71 bits per heavy atom. The number of ether oxygens (including phenoxy) is 1. The number of carbonyl (C=O) groups excluding carboxylic acids is 1. The second-order valence-corrected chi connectivity index (χ2v) is 8.52. The van der Waals surface area contributed by atoms with E-state index in [4.69, 9.17) is 4.74 Å². The number of carbonyl (C=O) groups is 1. The van der Waals surface area contributed by atoms with Crippen LogP contribution in [0.3, 0.4) is 0 Å². The number of amides is 1. The van der Waals surface area contributed by atoms with Gasteiger partial charge in [-0.25, -0.2) is 0 Å². The molecule has 0 unspecified atom stereocenters. The molecule has 0 aliphatic rings. The van der Waals surface area contributed by atoms with Crippen molar-refractivity contribution < 1.29 is 9.53 Å². The number of hydrogen-bond donors (Lipinski definition) is 1. The molecule has 0 fully saturated rings. The van der Waals surface area contributed by atoms with Crippen molar-refractivity contribution in [2.45, 2.75) is 39.8 Å². The van der Waals surface area contributed by atoms with Gasteiger partial charge in [-0.1, -0.05) is 32.0 Å². The summed E-state index contributed by atoms with van der Waals surface area (Å²) in [7, 11) is 1.66. The molecule has 4 aromatic rings. The van der Waals surface area contributed by atoms with Crippen molar-refractivity contribution in [2.24, 2.45) is 5.92 Å². The SMILES string of the molecule is COc1ccc2c(ccn2CC(=O)NCCc2cn(CCC(C)C)c3ccccc23)c1. The van der Waals surface area contributed by atoms with Crippen LogP contribution in [-0.4, -0.2) is 28.7 Å². The first-order valence-corrected chi connectivity index (χ1v) is 11.0. The fourth-order valence-corrected chi connectivity index (χ4v) is 4.09. The Kier molecular flexibility index (Phi) is 6.31. The number of rotatable bonds is 9. The average Bonchev–Trinajstić information content (AvgIpc) is 3.33. The van der Waals surface area contributed by atoms with Gasteiger partial charge in [0.05, 0.1) is 7.11 Å². The number of methoxy groups -OCH3 is 1. The van der Waals surface area contributed by atoms with Crippen LogP contribution in [0.4, 0.5) is 0 Å². The minimum absolute atomic E-state index is 0.0249. The Bertz CT molecular complexity index is 1190. The zero-order chi connectivity index (χ0) is 21.8. The molecule has 2 heterocycles. The second-order valence-electron chi connectivity index (χ2n) is 8.52. The van der Waals surface area contributed by atoms with Gasteiger partial charge in [0.15, 0.2) is 0 Å². The summed E-state index contributed by atoms with van der Waals surface area (Å²) in [6.07, 6.45) is 6.19. The first kappa shape index (κ1) is 21.0. The maximum absolute atomic E-state index is 12.6. The van der Waals surface area contributed by atoms with Gasteiger partial charge in [0.1, 0.15) is 12.3 Å². The van der Waals surface area contributed by atoms with Gasteiger partial charge in [-0.3, -0.25) is 4.79 Å². The lowest BCUT2D eigenvalue weighted by Crippen LogP contribution is -2.29. The molecule has 0 atom stereocenters. The molecule has 4 rings (SSSR count). The van der Waals surface area contributed by atoms with Crippen molar-refractivity contribution in [3.05, 3.63) is 66.5 Å². The molecule has 1 N–H and O–H groups in total. The Morgan fingerprint density at radius 1 is 1.06 bits per heavy atom. The van der Waals surface area contributed by atoms with Gasteiger partial charge in [0.2, 0.25) is 5.91 Å². The quantitative estimate of drug-likeness (QED) is 0.416. The summed E-state index contributed by atoms with van der Waals surface area (Å²) >= 11 is 0. The van der Waals surface area contributed by atoms with Gasteiger partial charge in [0.25, 0.3) is 0 Å². The third-order valence-electron chi connectivity index (χ3n) is 5.83. The lowest BCUT2D eigenvalue weighted by atomic mass is 10.1. The van der Waals surface area contributed by atoms with Crippen LogP contribution >= 0.6 is 0 Å². The largest absolute Gasteiger partial charge is 0.497 e. The molecule has 5 heteroatoms. The topological polar surface area (TPSA) is 48.2 Å². The minimum atomic E-state index is 0.0249. The summed E-state index contributed by atoms with van der Waals surface area (Å²) in [6.45, 7) is 6.48. The predicted molar refractivity (Wildman–Crippen MR) is 127 cm³/mol. The Labute approximate surface area is 183 Å². The Morgan fingerprint density at radius 2 is 1.90 bits per heavy atom. The van der Waals surface area contributed by atoms with Crippen molar-refractivity contribution in [3.8, 4) is 5.75 Å².